The zero-order valence-electron chi connectivity index (χ0n) is 9.16. The molecule has 0 unspecified atom stereocenters. The van der Waals surface area contributed by atoms with Gasteiger partial charge in [0.15, 0.2) is 5.78 Å². The Morgan fingerprint density at radius 1 is 1.33 bits per heavy atom. The summed E-state index contributed by atoms with van der Waals surface area (Å²) >= 11 is 0. The van der Waals surface area contributed by atoms with Crippen molar-refractivity contribution in [3.8, 4) is 0 Å². The van der Waals surface area contributed by atoms with Crippen LogP contribution in [0.2, 0.25) is 0 Å². The van der Waals surface area contributed by atoms with E-state index >= 15 is 0 Å². The fourth-order valence-corrected chi connectivity index (χ4v) is 2.71. The van der Waals surface area contributed by atoms with Crippen molar-refractivity contribution < 1.29 is 13.2 Å². The summed E-state index contributed by atoms with van der Waals surface area (Å²) in [6.07, 6.45) is 3.44. The fourth-order valence-electron chi connectivity index (χ4n) is 1.93. The number of ketones is 1. The molecule has 0 atom stereocenters. The minimum absolute atomic E-state index is 0.0543. The molecule has 5 heteroatoms. The lowest BCUT2D eigenvalue weighted by Crippen LogP contribution is -2.45. The lowest BCUT2D eigenvalue weighted by molar-refractivity contribution is -0.123. The molecule has 0 heterocycles. The van der Waals surface area contributed by atoms with Gasteiger partial charge in [0, 0.05) is 12.2 Å². The minimum atomic E-state index is -3.05. The molecule has 88 valence electrons. The van der Waals surface area contributed by atoms with Crippen LogP contribution in [0.3, 0.4) is 0 Å². The van der Waals surface area contributed by atoms with Gasteiger partial charge in [-0.15, -0.1) is 0 Å². The number of hydrogen-bond acceptors (Lipinski definition) is 4. The molecule has 0 aromatic heterocycles. The van der Waals surface area contributed by atoms with Crippen LogP contribution in [0, 0.1) is 0 Å². The zero-order valence-corrected chi connectivity index (χ0v) is 9.98. The van der Waals surface area contributed by atoms with Crippen LogP contribution in [-0.4, -0.2) is 31.2 Å². The minimum Gasteiger partial charge on any atom is -0.319 e. The zero-order chi connectivity index (χ0) is 11.5. The first-order valence-corrected chi connectivity index (χ1v) is 7.24. The SMILES string of the molecule is CCS(=O)(=O)CCC(=O)C1(N)CCCC1. The molecular weight excluding hydrogens is 214 g/mol. The number of carbonyl (C=O) groups excluding carboxylic acids is 1. The van der Waals surface area contributed by atoms with Gasteiger partial charge in [0.1, 0.15) is 9.84 Å². The second kappa shape index (κ2) is 4.61. The second-order valence-corrected chi connectivity index (χ2v) is 6.75. The molecule has 1 aliphatic rings. The Kier molecular flexibility index (Phi) is 3.89. The summed E-state index contributed by atoms with van der Waals surface area (Å²) in [6, 6.07) is 0. The molecule has 0 amide bonds. The molecule has 0 radical (unpaired) electrons. The Labute approximate surface area is 91.1 Å². The number of hydrogen-bond donors (Lipinski definition) is 1. The summed E-state index contributed by atoms with van der Waals surface area (Å²) in [5.41, 5.74) is 5.20. The van der Waals surface area contributed by atoms with Crippen molar-refractivity contribution in [2.45, 2.75) is 44.6 Å². The standard InChI is InChI=1S/C10H19NO3S/c1-2-15(13,14)8-5-9(12)10(11)6-3-4-7-10/h2-8,11H2,1H3. The van der Waals surface area contributed by atoms with Crippen LogP contribution in [0.15, 0.2) is 0 Å². The van der Waals surface area contributed by atoms with Gasteiger partial charge >= 0.3 is 0 Å². The molecule has 0 spiro atoms. The van der Waals surface area contributed by atoms with Crippen molar-refractivity contribution in [3.05, 3.63) is 0 Å². The van der Waals surface area contributed by atoms with Crippen LogP contribution >= 0.6 is 0 Å². The topological polar surface area (TPSA) is 77.2 Å². The maximum absolute atomic E-state index is 11.7. The van der Waals surface area contributed by atoms with Gasteiger partial charge in [0.05, 0.1) is 11.3 Å². The Hall–Kier alpha value is -0.420. The highest BCUT2D eigenvalue weighted by Gasteiger charge is 2.36. The molecular formula is C10H19NO3S. The average Bonchev–Trinajstić information content (AvgIpc) is 2.63. The normalized spacial score (nSPS) is 20.4. The van der Waals surface area contributed by atoms with Gasteiger partial charge in [-0.3, -0.25) is 4.79 Å². The highest BCUT2D eigenvalue weighted by atomic mass is 32.2. The maximum Gasteiger partial charge on any atom is 0.153 e. The van der Waals surface area contributed by atoms with Crippen LogP contribution in [-0.2, 0) is 14.6 Å². The first-order chi connectivity index (χ1) is 6.90. The second-order valence-electron chi connectivity index (χ2n) is 4.27. The predicted molar refractivity (Wildman–Crippen MR) is 59.3 cm³/mol. The van der Waals surface area contributed by atoms with E-state index in [9.17, 15) is 13.2 Å². The number of rotatable bonds is 5. The Bertz CT molecular complexity index is 329. The molecule has 1 rings (SSSR count). The van der Waals surface area contributed by atoms with Gasteiger partial charge in [-0.05, 0) is 12.8 Å². The predicted octanol–water partition coefficient (Wildman–Crippen LogP) is 0.652. The lowest BCUT2D eigenvalue weighted by atomic mass is 9.92. The monoisotopic (exact) mass is 233 g/mol. The molecule has 0 bridgehead atoms. The van der Waals surface area contributed by atoms with E-state index in [1.54, 1.807) is 6.92 Å². The van der Waals surface area contributed by atoms with Crippen molar-refractivity contribution in [2.24, 2.45) is 5.73 Å². The van der Waals surface area contributed by atoms with Crippen molar-refractivity contribution in [2.75, 3.05) is 11.5 Å². The van der Waals surface area contributed by atoms with Crippen LogP contribution < -0.4 is 5.73 Å². The van der Waals surface area contributed by atoms with Crippen molar-refractivity contribution in [3.63, 3.8) is 0 Å². The first kappa shape index (κ1) is 12.6. The number of nitrogens with two attached hydrogens (primary N) is 1. The first-order valence-electron chi connectivity index (χ1n) is 5.42. The molecule has 0 aromatic carbocycles. The third-order valence-electron chi connectivity index (χ3n) is 3.13. The summed E-state index contributed by atoms with van der Waals surface area (Å²) in [6.45, 7) is 1.59. The van der Waals surface area contributed by atoms with E-state index in [-0.39, 0.29) is 23.7 Å². The van der Waals surface area contributed by atoms with Crippen molar-refractivity contribution in [1.82, 2.24) is 0 Å². The van der Waals surface area contributed by atoms with E-state index < -0.39 is 15.4 Å². The Morgan fingerprint density at radius 3 is 2.33 bits per heavy atom. The average molecular weight is 233 g/mol. The maximum atomic E-state index is 11.7. The molecule has 1 saturated carbocycles. The van der Waals surface area contributed by atoms with Gasteiger partial charge in [-0.1, -0.05) is 19.8 Å². The quantitative estimate of drug-likeness (QED) is 0.756. The Balaban J connectivity index is 2.49. The van der Waals surface area contributed by atoms with E-state index in [0.29, 0.717) is 12.8 Å². The summed E-state index contributed by atoms with van der Waals surface area (Å²) < 4.78 is 22.5. The lowest BCUT2D eigenvalue weighted by Gasteiger charge is -2.21. The van der Waals surface area contributed by atoms with E-state index in [4.69, 9.17) is 5.73 Å². The molecule has 0 aliphatic heterocycles. The van der Waals surface area contributed by atoms with Gasteiger partial charge in [0.25, 0.3) is 0 Å². The Morgan fingerprint density at radius 2 is 1.87 bits per heavy atom. The fraction of sp³-hybridized carbons (Fsp3) is 0.900. The number of Topliss-reactive ketones (excluding diaryl/α,β-unsaturated/α-hetero) is 1. The van der Waals surface area contributed by atoms with E-state index in [0.717, 1.165) is 12.8 Å². The number of sulfone groups is 1. The van der Waals surface area contributed by atoms with Gasteiger partial charge in [-0.25, -0.2) is 8.42 Å². The van der Waals surface area contributed by atoms with E-state index in [2.05, 4.69) is 0 Å². The van der Waals surface area contributed by atoms with Gasteiger partial charge < -0.3 is 5.73 Å². The smallest absolute Gasteiger partial charge is 0.153 e. The summed E-state index contributed by atoms with van der Waals surface area (Å²) in [5, 5.41) is 0. The van der Waals surface area contributed by atoms with Gasteiger partial charge in [-0.2, -0.15) is 0 Å². The molecule has 1 aliphatic carbocycles. The van der Waals surface area contributed by atoms with Crippen molar-refractivity contribution >= 4 is 15.6 Å². The third kappa shape index (κ3) is 3.28. The van der Waals surface area contributed by atoms with E-state index in [1.165, 1.54) is 0 Å². The largest absolute Gasteiger partial charge is 0.319 e. The molecule has 4 nitrogen and oxygen atoms in total. The summed E-state index contributed by atoms with van der Waals surface area (Å²) in [4.78, 5) is 11.7. The highest BCUT2D eigenvalue weighted by molar-refractivity contribution is 7.91. The molecule has 0 aromatic rings. The van der Waals surface area contributed by atoms with Gasteiger partial charge in [0.2, 0.25) is 0 Å². The van der Waals surface area contributed by atoms with E-state index in [1.807, 2.05) is 0 Å². The molecule has 0 saturated heterocycles. The molecule has 2 N–H and O–H groups in total. The number of carbonyl (C=O) groups is 1. The third-order valence-corrected chi connectivity index (χ3v) is 4.84. The summed E-state index contributed by atoms with van der Waals surface area (Å²) in [7, 11) is -3.05. The van der Waals surface area contributed by atoms with Crippen LogP contribution in [0.1, 0.15) is 39.0 Å². The van der Waals surface area contributed by atoms with Crippen LogP contribution in [0.4, 0.5) is 0 Å². The van der Waals surface area contributed by atoms with Crippen molar-refractivity contribution in [1.29, 1.82) is 0 Å². The molecule has 1 fully saturated rings. The molecule has 15 heavy (non-hydrogen) atoms. The van der Waals surface area contributed by atoms with Crippen LogP contribution in [0.25, 0.3) is 0 Å². The highest BCUT2D eigenvalue weighted by Crippen LogP contribution is 2.28. The summed E-state index contributed by atoms with van der Waals surface area (Å²) in [5.74, 6) is -0.0453. The van der Waals surface area contributed by atoms with Crippen LogP contribution in [0.5, 0.6) is 0 Å².